The summed E-state index contributed by atoms with van der Waals surface area (Å²) in [6.45, 7) is 12.8. The lowest BCUT2D eigenvalue weighted by atomic mass is 9.34. The number of aliphatic carboxylic acids is 2. The van der Waals surface area contributed by atoms with E-state index in [1.807, 2.05) is 0 Å². The third-order valence-corrected chi connectivity index (χ3v) is 12.8. The van der Waals surface area contributed by atoms with E-state index in [0.29, 0.717) is 19.3 Å². The molecule has 200 valence electrons. The first-order valence-electron chi connectivity index (χ1n) is 13.8. The van der Waals surface area contributed by atoms with Crippen LogP contribution in [0.3, 0.4) is 0 Å². The van der Waals surface area contributed by atoms with Crippen molar-refractivity contribution in [2.24, 2.45) is 51.2 Å². The van der Waals surface area contributed by atoms with Crippen LogP contribution in [0.25, 0.3) is 0 Å². The molecule has 5 rings (SSSR count). The molecule has 0 amide bonds. The molecule has 0 bridgehead atoms. The number of hydrogen-bond donors (Lipinski definition) is 4. The number of carboxylic acids is 2. The van der Waals surface area contributed by atoms with Crippen LogP contribution in [-0.4, -0.2) is 44.6 Å². The van der Waals surface area contributed by atoms with Crippen LogP contribution in [0.2, 0.25) is 0 Å². The molecule has 0 saturated heterocycles. The normalized spacial score (nSPS) is 52.3. The highest BCUT2D eigenvalue weighted by Crippen LogP contribution is 2.74. The van der Waals surface area contributed by atoms with Crippen molar-refractivity contribution < 1.29 is 30.0 Å². The molecule has 0 aromatic rings. The maximum atomic E-state index is 12.5. The van der Waals surface area contributed by atoms with Gasteiger partial charge >= 0.3 is 11.9 Å². The highest BCUT2D eigenvalue weighted by molar-refractivity contribution is 5.76. The fourth-order valence-corrected chi connectivity index (χ4v) is 10.5. The molecule has 6 heteroatoms. The third kappa shape index (κ3) is 2.97. The molecule has 6 nitrogen and oxygen atoms in total. The largest absolute Gasteiger partial charge is 0.481 e. The predicted molar refractivity (Wildman–Crippen MR) is 136 cm³/mol. The average Bonchev–Trinajstić information content (AvgIpc) is 2.79. The van der Waals surface area contributed by atoms with Gasteiger partial charge in [-0.05, 0) is 99.7 Å². The molecule has 0 aromatic carbocycles. The van der Waals surface area contributed by atoms with Gasteiger partial charge in [-0.3, -0.25) is 9.59 Å². The number of hydrogen-bond acceptors (Lipinski definition) is 4. The van der Waals surface area contributed by atoms with Crippen molar-refractivity contribution in [3.8, 4) is 0 Å². The van der Waals surface area contributed by atoms with Crippen LogP contribution in [0.4, 0.5) is 0 Å². The molecule has 0 aliphatic heterocycles. The van der Waals surface area contributed by atoms with Gasteiger partial charge in [0, 0.05) is 5.92 Å². The minimum absolute atomic E-state index is 0.0981. The van der Waals surface area contributed by atoms with Crippen LogP contribution in [0.15, 0.2) is 22.8 Å². The van der Waals surface area contributed by atoms with Gasteiger partial charge in [-0.2, -0.15) is 0 Å². The summed E-state index contributed by atoms with van der Waals surface area (Å²) in [7, 11) is 0. The first-order chi connectivity index (χ1) is 16.6. The summed E-state index contributed by atoms with van der Waals surface area (Å²) in [6, 6.07) is 0. The van der Waals surface area contributed by atoms with Crippen molar-refractivity contribution >= 4 is 11.9 Å². The maximum Gasteiger partial charge on any atom is 0.312 e. The Morgan fingerprint density at radius 2 is 1.64 bits per heavy atom. The van der Waals surface area contributed by atoms with Gasteiger partial charge in [0.05, 0.1) is 23.5 Å². The molecule has 0 heterocycles. The summed E-state index contributed by atoms with van der Waals surface area (Å²) < 4.78 is 0. The van der Waals surface area contributed by atoms with E-state index >= 15 is 0 Å². The van der Waals surface area contributed by atoms with Crippen molar-refractivity contribution in [1.29, 1.82) is 0 Å². The van der Waals surface area contributed by atoms with E-state index in [0.717, 1.165) is 25.7 Å². The van der Waals surface area contributed by atoms with Crippen molar-refractivity contribution in [2.45, 2.75) is 98.7 Å². The minimum atomic E-state index is -1.38. The predicted octanol–water partition coefficient (Wildman–Crippen LogP) is 5.05. The lowest BCUT2D eigenvalue weighted by Crippen LogP contribution is -2.68. The number of aliphatic hydroxyl groups is 2. The van der Waals surface area contributed by atoms with Crippen LogP contribution >= 0.6 is 0 Å². The zero-order valence-electron chi connectivity index (χ0n) is 22.7. The van der Waals surface area contributed by atoms with E-state index in [1.165, 1.54) is 16.7 Å². The smallest absolute Gasteiger partial charge is 0.312 e. The van der Waals surface area contributed by atoms with Crippen LogP contribution in [0.5, 0.6) is 0 Å². The topological polar surface area (TPSA) is 115 Å². The van der Waals surface area contributed by atoms with E-state index in [-0.39, 0.29) is 40.4 Å². The summed E-state index contributed by atoms with van der Waals surface area (Å²) in [5.74, 6) is -1.80. The van der Waals surface area contributed by atoms with Crippen LogP contribution in [0.1, 0.15) is 86.5 Å². The summed E-state index contributed by atoms with van der Waals surface area (Å²) in [6.07, 6.45) is 5.30. The summed E-state index contributed by atoms with van der Waals surface area (Å²) >= 11 is 0. The van der Waals surface area contributed by atoms with Gasteiger partial charge in [0.2, 0.25) is 0 Å². The van der Waals surface area contributed by atoms with E-state index in [2.05, 4.69) is 40.7 Å². The van der Waals surface area contributed by atoms with Crippen LogP contribution < -0.4 is 0 Å². The monoisotopic (exact) mass is 500 g/mol. The summed E-state index contributed by atoms with van der Waals surface area (Å²) in [5, 5.41) is 42.1. The first-order valence-corrected chi connectivity index (χ1v) is 13.8. The Kier molecular flexibility index (Phi) is 5.72. The second kappa shape index (κ2) is 7.92. The molecule has 0 aromatic heterocycles. The van der Waals surface area contributed by atoms with Gasteiger partial charge in [-0.25, -0.2) is 0 Å². The highest BCUT2D eigenvalue weighted by Gasteiger charge is 2.70. The maximum absolute atomic E-state index is 12.5. The Hall–Kier alpha value is -1.66. The molecular weight excluding hydrogens is 456 g/mol. The molecule has 0 spiro atoms. The number of carbonyl (C=O) groups is 2. The van der Waals surface area contributed by atoms with Crippen molar-refractivity contribution in [1.82, 2.24) is 0 Å². The molecule has 3 saturated carbocycles. The number of allylic oxidation sites excluding steroid dienone is 4. The van der Waals surface area contributed by atoms with Gasteiger partial charge in [-0.1, -0.05) is 43.6 Å². The standard InChI is InChI=1S/C30H44O6/c1-15-13-18(25(33)34)17-9-11-28(4)19(23(17)16(15)2)7-8-21-27(3)14-20(31)24(32)30(6,26(35)36)22(27)10-12-29(21,28)5/h7,17-18,20-24,31-32H,8-14H2,1-6H3,(H,33,34)(H,35,36). The third-order valence-electron chi connectivity index (χ3n) is 12.8. The van der Waals surface area contributed by atoms with Gasteiger partial charge in [0.25, 0.3) is 0 Å². The first kappa shape index (κ1) is 26.0. The molecule has 36 heavy (non-hydrogen) atoms. The molecule has 5 aliphatic rings. The second-order valence-corrected chi connectivity index (χ2v) is 13.9. The van der Waals surface area contributed by atoms with Gasteiger partial charge in [-0.15, -0.1) is 0 Å². The number of aliphatic hydroxyl groups excluding tert-OH is 2. The number of rotatable bonds is 2. The fraction of sp³-hybridized carbons (Fsp3) is 0.800. The summed E-state index contributed by atoms with van der Waals surface area (Å²) in [4.78, 5) is 24.8. The van der Waals surface area contributed by atoms with E-state index in [4.69, 9.17) is 0 Å². The SMILES string of the molecule is CC1=C(C)C2C3=CCC4C5(C)CC(O)C(O)C(C)(C(=O)O)C5CCC4(C)C3(C)CCC2C(C(=O)O)C1. The van der Waals surface area contributed by atoms with E-state index < -0.39 is 35.0 Å². The minimum Gasteiger partial charge on any atom is -0.481 e. The van der Waals surface area contributed by atoms with Gasteiger partial charge in [0.15, 0.2) is 0 Å². The Bertz CT molecular complexity index is 1060. The molecule has 3 fully saturated rings. The average molecular weight is 501 g/mol. The van der Waals surface area contributed by atoms with Crippen molar-refractivity contribution in [3.05, 3.63) is 22.8 Å². The Labute approximate surface area is 214 Å². The molecule has 0 radical (unpaired) electrons. The Morgan fingerprint density at radius 3 is 2.25 bits per heavy atom. The van der Waals surface area contributed by atoms with Crippen LogP contribution in [0, 0.1) is 51.2 Å². The Balaban J connectivity index is 1.62. The van der Waals surface area contributed by atoms with Gasteiger partial charge in [0.1, 0.15) is 0 Å². The lowest BCUT2D eigenvalue weighted by Gasteiger charge is -2.70. The zero-order chi connectivity index (χ0) is 26.6. The second-order valence-electron chi connectivity index (χ2n) is 13.9. The zero-order valence-corrected chi connectivity index (χ0v) is 22.7. The molecule has 11 unspecified atom stereocenters. The van der Waals surface area contributed by atoms with Crippen molar-refractivity contribution in [2.75, 3.05) is 0 Å². The number of carboxylic acid groups (broad SMARTS) is 2. The number of fused-ring (bicyclic) bond motifs is 7. The molecule has 11 atom stereocenters. The summed E-state index contributed by atoms with van der Waals surface area (Å²) in [5.41, 5.74) is 1.93. The molecular formula is C30H44O6. The van der Waals surface area contributed by atoms with Crippen molar-refractivity contribution in [3.63, 3.8) is 0 Å². The van der Waals surface area contributed by atoms with E-state index in [1.54, 1.807) is 6.92 Å². The van der Waals surface area contributed by atoms with E-state index in [9.17, 15) is 30.0 Å². The lowest BCUT2D eigenvalue weighted by molar-refractivity contribution is -0.238. The Morgan fingerprint density at radius 1 is 0.972 bits per heavy atom. The molecule has 4 N–H and O–H groups in total. The fourth-order valence-electron chi connectivity index (χ4n) is 10.5. The quantitative estimate of drug-likeness (QED) is 0.395. The van der Waals surface area contributed by atoms with Gasteiger partial charge < -0.3 is 20.4 Å². The van der Waals surface area contributed by atoms with Crippen LogP contribution in [-0.2, 0) is 9.59 Å². The highest BCUT2D eigenvalue weighted by atomic mass is 16.4. The molecule has 5 aliphatic carbocycles.